The monoisotopic (exact) mass is 2200 g/mol. The molecule has 6 aliphatic heterocycles. The molecule has 28 atom stereocenters. The summed E-state index contributed by atoms with van der Waals surface area (Å²) < 4.78 is 177. The van der Waals surface area contributed by atoms with Crippen LogP contribution < -0.4 is 87.6 Å². The van der Waals surface area contributed by atoms with Gasteiger partial charge in [-0.1, -0.05) is 54.2 Å². The van der Waals surface area contributed by atoms with Gasteiger partial charge >= 0.3 is 34.1 Å². The molecule has 12 heterocycles. The minimum atomic E-state index is -5.37. The number of nitrogen functional groups attached to an aromatic ring is 3. The zero-order valence-electron chi connectivity index (χ0n) is 78.1. The van der Waals surface area contributed by atoms with Crippen molar-refractivity contribution in [1.82, 2.24) is 57.3 Å². The van der Waals surface area contributed by atoms with E-state index in [2.05, 4.69) is 29.9 Å². The number of aliphatic hydroxyl groups is 1. The van der Waals surface area contributed by atoms with Crippen LogP contribution in [0.2, 0.25) is 0 Å². The van der Waals surface area contributed by atoms with Crippen LogP contribution in [-0.4, -0.2) is 301 Å². The van der Waals surface area contributed by atoms with E-state index in [-0.39, 0.29) is 124 Å². The van der Waals surface area contributed by atoms with Gasteiger partial charge in [-0.3, -0.25) is 61.3 Å². The highest BCUT2D eigenvalue weighted by Gasteiger charge is 2.56. The largest absolute Gasteiger partial charge is 0.780 e. The molecule has 56 nitrogen and oxygen atoms in total. The standard InChI is InChI=1S/C76H114N15O41P5S5/c1-13-42-43(24-49(122-42)86-28-39(5)63(93)83-74(86)99)128-133(102,138)118-32-45-51(58(115-22-17-110-11)69(126-45)90-29-40(6)64(94)84-75(90)100)130-135(104,140)119-33-46-52(56(113-20-15-108-9)67(124-46)88-26-37(3)61(78)81-72(88)97)131-136(105,141)120-34-47-53(57(114-21-16-109-10)68(125-47)89-27-38(4)62(79)82-73(89)98)132-137(106,142)121-35-48-54(59(116-23-18-111-12)70(127-48)91-30-41(7)65(95)85-76(91)101)129-134(103,139)117-31-44-50(92)55(112-19-14-107-8)66(123-44)87-25-36(2)60(77)80-71(87)96/h25-30,42-59,66-70,92H,13-24,31-35H2,1-12H3,(H,102,138)(H,103,139)(H,104,140)(H,105,141)(H,106,142)(H2,77,80,96)(H2,78,81,97)(H2,79,82,98)(H,83,93,99)(H,84,94,100)(H,85,95,101)/p-5/t42-,43?,44-,45-,46-,47-,48-,49-,50?,51?,52?,53?,54?,55+,56+,57+,58+,59+,66-,67-,68-,69-,70-,133?,134?,135?,136?,137?/m1/s1. The summed E-state index contributed by atoms with van der Waals surface area (Å²) in [5.74, 6) is -0.552. The summed E-state index contributed by atoms with van der Waals surface area (Å²) in [5, 5.41) is 11.8. The van der Waals surface area contributed by atoms with Crippen molar-refractivity contribution >= 4 is 111 Å². The zero-order chi connectivity index (χ0) is 104. The number of hydrogen-bond donors (Lipinski definition) is 7. The first-order chi connectivity index (χ1) is 67.1. The quantitative estimate of drug-likeness (QED) is 0.0108. The van der Waals surface area contributed by atoms with E-state index in [9.17, 15) is 58.0 Å². The van der Waals surface area contributed by atoms with E-state index in [0.29, 0.717) is 5.56 Å². The fraction of sp³-hybridized carbons (Fsp3) is 0.684. The predicted octanol–water partition coefficient (Wildman–Crippen LogP) is -4.29. The Balaban J connectivity index is 0.844. The topological polar surface area (TPSA) is 717 Å². The minimum absolute atomic E-state index is 0.0192. The van der Waals surface area contributed by atoms with Gasteiger partial charge in [-0.05, 0) is 48.0 Å². The minimum Gasteiger partial charge on any atom is -0.780 e. The summed E-state index contributed by atoms with van der Waals surface area (Å²) in [4.78, 5) is 199. The molecule has 142 heavy (non-hydrogen) atoms. The number of nitrogens with zero attached hydrogens (tertiary/aromatic N) is 9. The number of nitrogens with two attached hydrogens (primary N) is 3. The third-order valence-electron chi connectivity index (χ3n) is 22.9. The lowest BCUT2D eigenvalue weighted by atomic mass is 10.1. The number of aliphatic hydroxyl groups excluding tert-OH is 1. The van der Waals surface area contributed by atoms with Crippen LogP contribution in [0.15, 0.2) is 80.3 Å². The Morgan fingerprint density at radius 3 is 0.979 bits per heavy atom. The highest BCUT2D eigenvalue weighted by molar-refractivity contribution is 8.32. The Bertz CT molecular complexity index is 6220. The van der Waals surface area contributed by atoms with Crippen molar-refractivity contribution in [3.63, 3.8) is 0 Å². The van der Waals surface area contributed by atoms with Crippen molar-refractivity contribution in [2.45, 2.75) is 202 Å². The normalized spacial score (nSPS) is 29.4. The molecule has 11 unspecified atom stereocenters. The number of aromatic amines is 3. The number of anilines is 3. The Morgan fingerprint density at radius 2 is 0.648 bits per heavy atom. The first-order valence-electron chi connectivity index (χ1n) is 43.5. The number of methoxy groups -OCH3 is 5. The van der Waals surface area contributed by atoms with Crippen LogP contribution in [0.4, 0.5) is 17.5 Å². The molecule has 6 aromatic rings. The number of aromatic nitrogens is 12. The Morgan fingerprint density at radius 1 is 0.380 bits per heavy atom. The summed E-state index contributed by atoms with van der Waals surface area (Å²) in [5.41, 5.74) is 10.7. The summed E-state index contributed by atoms with van der Waals surface area (Å²) in [7, 11) is 6.66. The maximum absolute atomic E-state index is 15.6. The molecule has 10 N–H and O–H groups in total. The predicted molar refractivity (Wildman–Crippen MR) is 500 cm³/mol. The van der Waals surface area contributed by atoms with Gasteiger partial charge in [0.1, 0.15) is 142 Å². The van der Waals surface area contributed by atoms with Gasteiger partial charge in [0.25, 0.3) is 16.7 Å². The highest BCUT2D eigenvalue weighted by Crippen LogP contribution is 2.56. The molecule has 6 aromatic heterocycles. The molecule has 0 bridgehead atoms. The van der Waals surface area contributed by atoms with Crippen LogP contribution >= 0.6 is 33.7 Å². The summed E-state index contributed by atoms with van der Waals surface area (Å²) >= 11 is 28.0. The molecule has 12 rings (SSSR count). The van der Waals surface area contributed by atoms with Crippen molar-refractivity contribution in [2.24, 2.45) is 0 Å². The lowest BCUT2D eigenvalue weighted by Crippen LogP contribution is -2.43. The van der Waals surface area contributed by atoms with Gasteiger partial charge in [-0.25, -0.2) is 28.8 Å². The lowest BCUT2D eigenvalue weighted by molar-refractivity contribution is -0.223. The van der Waals surface area contributed by atoms with Crippen LogP contribution in [0.1, 0.15) is 90.5 Å². The Hall–Kier alpha value is -5.98. The molecule has 6 aliphatic rings. The SMILES string of the molecule is CC[C@H]1O[C@@H](n2cc(C)c(=O)[nH]c2=O)CC1OP([O-])(=S)OC[C@H]1O[C@@H](n2cc(C)c(=O)[nH]c2=O)[C@@H](OCCOC)C1OP(=O)([S-])OC[C@H]1O[C@@H](n2cc(C)c(N)nc2=O)[C@@H](OCCOC)C1OP([O-])(=S)OC[C@H]1O[C@@H](n2cc(C)c(N)nc2=O)[C@@H](OCCOC)C1OP([O-])(=S)OC[C@H]1O[C@@H](n2cc(C)c(=O)[nH]c2=O)[C@@H](OCCOC)C1OP([O-])(=S)OC[C@H]1O[C@@H](n2cc(C)c(N)nc2=O)[C@@H](OCCOC)C1O. The first-order valence-corrected chi connectivity index (χ1v) is 56.3. The van der Waals surface area contributed by atoms with Crippen molar-refractivity contribution < 1.29 is 150 Å². The molecular formula is C76H109N15O41P5S5-5. The van der Waals surface area contributed by atoms with Crippen LogP contribution in [0.5, 0.6) is 0 Å². The fourth-order valence-corrected chi connectivity index (χ4v) is 23.0. The van der Waals surface area contributed by atoms with Gasteiger partial charge in [0.15, 0.2) is 37.9 Å². The second-order valence-corrected chi connectivity index (χ2v) is 46.3. The molecule has 0 saturated carbocycles. The van der Waals surface area contributed by atoms with Crippen molar-refractivity contribution in [2.75, 3.05) is 152 Å². The van der Waals surface area contributed by atoms with E-state index in [4.69, 9.17) is 198 Å². The van der Waals surface area contributed by atoms with Crippen molar-refractivity contribution in [3.8, 4) is 0 Å². The Kier molecular flexibility index (Phi) is 40.5. The van der Waals surface area contributed by atoms with E-state index < -0.39 is 259 Å². The number of H-pyrrole nitrogens is 3. The lowest BCUT2D eigenvalue weighted by Gasteiger charge is -2.38. The van der Waals surface area contributed by atoms with Gasteiger partial charge in [0.2, 0.25) is 0 Å². The van der Waals surface area contributed by atoms with Gasteiger partial charge in [0.05, 0.1) is 111 Å². The van der Waals surface area contributed by atoms with Gasteiger partial charge < -0.3 is 175 Å². The van der Waals surface area contributed by atoms with Crippen LogP contribution in [0.3, 0.4) is 0 Å². The maximum Gasteiger partial charge on any atom is 0.351 e. The first kappa shape index (κ1) is 115. The van der Waals surface area contributed by atoms with Gasteiger partial charge in [0, 0.05) is 113 Å². The molecule has 0 spiro atoms. The maximum atomic E-state index is 15.6. The van der Waals surface area contributed by atoms with E-state index in [1.807, 2.05) is 0 Å². The van der Waals surface area contributed by atoms with Crippen LogP contribution in [0, 0.1) is 41.5 Å². The average molecular weight is 2200 g/mol. The number of hydrogen-bond acceptors (Lipinski definition) is 52. The van der Waals surface area contributed by atoms with Crippen molar-refractivity contribution in [1.29, 1.82) is 0 Å². The molecule has 6 fully saturated rings. The summed E-state index contributed by atoms with van der Waals surface area (Å²) in [6.45, 7) is -22.7. The van der Waals surface area contributed by atoms with Gasteiger partial charge in [-0.15, -0.1) is 0 Å². The van der Waals surface area contributed by atoms with Crippen LogP contribution in [-0.2, 0) is 185 Å². The van der Waals surface area contributed by atoms with Gasteiger partial charge in [-0.2, -0.15) is 15.0 Å². The number of rotatable bonds is 52. The number of nitrogens with one attached hydrogen (secondary N) is 3. The van der Waals surface area contributed by atoms with E-state index >= 15 is 14.4 Å². The molecule has 0 radical (unpaired) electrons. The Labute approximate surface area is 832 Å². The van der Waals surface area contributed by atoms with Crippen molar-refractivity contribution in [3.05, 3.63) is 165 Å². The number of aryl methyl sites for hydroxylation is 6. The molecule has 0 amide bonds. The highest BCUT2D eigenvalue weighted by atomic mass is 32.7. The second kappa shape index (κ2) is 50.1. The summed E-state index contributed by atoms with van der Waals surface area (Å²) in [6.07, 6.45) is -30.3. The summed E-state index contributed by atoms with van der Waals surface area (Å²) in [6, 6.07) is 0. The number of ether oxygens (including phenoxy) is 16. The molecule has 0 aromatic carbocycles. The van der Waals surface area contributed by atoms with E-state index in [0.717, 1.165) is 39.8 Å². The molecule has 0 aliphatic carbocycles. The smallest absolute Gasteiger partial charge is 0.351 e. The zero-order valence-corrected chi connectivity index (χ0v) is 86.6. The van der Waals surface area contributed by atoms with Crippen LogP contribution in [0.25, 0.3) is 0 Å². The third kappa shape index (κ3) is 28.6. The fourth-order valence-electron chi connectivity index (χ4n) is 15.8. The third-order valence-corrected chi connectivity index (χ3v) is 30.7. The molecule has 794 valence electrons. The molecular weight excluding hydrogens is 2090 g/mol. The molecule has 6 saturated heterocycles. The van der Waals surface area contributed by atoms with E-state index in [1.165, 1.54) is 95.0 Å². The molecule has 66 heteroatoms. The second-order valence-electron chi connectivity index (χ2n) is 32.8. The average Bonchev–Trinajstić information content (AvgIpc) is 1.62. The van der Waals surface area contributed by atoms with E-state index in [1.54, 1.807) is 13.8 Å².